The van der Waals surface area contributed by atoms with E-state index in [1.54, 1.807) is 0 Å². The van der Waals surface area contributed by atoms with Crippen LogP contribution in [0, 0.1) is 5.92 Å². The average Bonchev–Trinajstić information content (AvgIpc) is 3.51. The van der Waals surface area contributed by atoms with Gasteiger partial charge in [-0.2, -0.15) is 21.9 Å². The van der Waals surface area contributed by atoms with E-state index in [0.29, 0.717) is 18.2 Å². The molecule has 2 aliphatic rings. The van der Waals surface area contributed by atoms with E-state index in [1.807, 2.05) is 13.1 Å². The molecule has 37 heavy (non-hydrogen) atoms. The normalized spacial score (nSPS) is 17.9. The molecule has 4 rings (SSSR count). The largest absolute Gasteiger partial charge is 0.475 e. The molecule has 0 saturated carbocycles. The first-order valence-electron chi connectivity index (χ1n) is 12.4. The van der Waals surface area contributed by atoms with E-state index >= 15 is 0 Å². The van der Waals surface area contributed by atoms with E-state index in [1.165, 1.54) is 30.1 Å². The van der Waals surface area contributed by atoms with Gasteiger partial charge in [0.1, 0.15) is 11.4 Å². The summed E-state index contributed by atoms with van der Waals surface area (Å²) in [6.45, 7) is 7.44. The van der Waals surface area contributed by atoms with E-state index < -0.39 is 12.8 Å². The number of halogens is 3. The lowest BCUT2D eigenvalue weighted by Gasteiger charge is -2.22. The molecule has 0 saturated heterocycles. The van der Waals surface area contributed by atoms with Crippen LogP contribution in [0.1, 0.15) is 50.9 Å². The number of nitrogens with zero attached hydrogens (tertiary/aromatic N) is 6. The Hall–Kier alpha value is -2.09. The van der Waals surface area contributed by atoms with Crippen molar-refractivity contribution in [1.29, 1.82) is 0 Å². The van der Waals surface area contributed by atoms with Crippen molar-refractivity contribution < 1.29 is 22.6 Å². The maximum absolute atomic E-state index is 12.1. The van der Waals surface area contributed by atoms with Crippen LogP contribution in [-0.2, 0) is 0 Å². The first kappa shape index (κ1) is 29.5. The molecule has 206 valence electrons. The van der Waals surface area contributed by atoms with Crippen LogP contribution in [0.15, 0.2) is 12.2 Å². The fourth-order valence-corrected chi connectivity index (χ4v) is 5.08. The minimum atomic E-state index is -4.36. The predicted molar refractivity (Wildman–Crippen MR) is 141 cm³/mol. The van der Waals surface area contributed by atoms with Gasteiger partial charge in [-0.1, -0.05) is 32.4 Å². The van der Waals surface area contributed by atoms with Gasteiger partial charge in [0, 0.05) is 26.2 Å². The molecule has 4 heterocycles. The van der Waals surface area contributed by atoms with Gasteiger partial charge in [-0.15, -0.1) is 8.75 Å². The molecule has 2 aliphatic heterocycles. The molecule has 2 aromatic rings. The Morgan fingerprint density at radius 1 is 0.892 bits per heavy atom. The highest BCUT2D eigenvalue weighted by Crippen LogP contribution is 2.29. The lowest BCUT2D eigenvalue weighted by Crippen LogP contribution is -2.25. The van der Waals surface area contributed by atoms with Crippen molar-refractivity contribution in [1.82, 2.24) is 27.3 Å². The van der Waals surface area contributed by atoms with E-state index in [-0.39, 0.29) is 5.88 Å². The number of aromatic nitrogens is 4. The fourth-order valence-electron chi connectivity index (χ4n) is 4.02. The van der Waals surface area contributed by atoms with Gasteiger partial charge in [-0.05, 0) is 50.4 Å². The summed E-state index contributed by atoms with van der Waals surface area (Å²) in [4.78, 5) is 4.38. The zero-order valence-corrected chi connectivity index (χ0v) is 23.4. The number of likely N-dealkylation sites (N-methyl/N-ethyl adjacent to an activating group) is 2. The van der Waals surface area contributed by atoms with Crippen LogP contribution in [0.3, 0.4) is 0 Å². The van der Waals surface area contributed by atoms with Crippen molar-refractivity contribution in [2.75, 3.05) is 53.5 Å². The van der Waals surface area contributed by atoms with Gasteiger partial charge in [0.25, 0.3) is 11.8 Å². The van der Waals surface area contributed by atoms with Gasteiger partial charge in [-0.3, -0.25) is 0 Å². The number of hydrogen-bond acceptors (Lipinski definition) is 10. The lowest BCUT2D eigenvalue weighted by molar-refractivity contribution is -0.154. The number of alkyl halides is 3. The Labute approximate surface area is 224 Å². The average molecular weight is 561 g/mol. The number of hydrogen-bond donors (Lipinski definition) is 0. The van der Waals surface area contributed by atoms with Crippen LogP contribution >= 0.6 is 23.5 Å². The zero-order chi connectivity index (χ0) is 26.8. The molecular formula is C24H35F3N6O2S2. The van der Waals surface area contributed by atoms with Crippen LogP contribution in [-0.4, -0.2) is 87.0 Å². The van der Waals surface area contributed by atoms with E-state index in [2.05, 4.69) is 59.0 Å². The van der Waals surface area contributed by atoms with Crippen molar-refractivity contribution in [3.8, 4) is 11.8 Å². The quantitative estimate of drug-likeness (QED) is 0.411. The molecule has 1 unspecified atom stereocenters. The molecule has 2 aromatic heterocycles. The molecule has 0 N–H and O–H groups in total. The Morgan fingerprint density at radius 3 is 1.86 bits per heavy atom. The third-order valence-corrected chi connectivity index (χ3v) is 6.89. The second-order valence-corrected chi connectivity index (χ2v) is 10.5. The highest BCUT2D eigenvalue weighted by Gasteiger charge is 2.30. The Bertz CT molecular complexity index is 1040. The van der Waals surface area contributed by atoms with Gasteiger partial charge in [0.05, 0.1) is 30.1 Å². The smallest absolute Gasteiger partial charge is 0.422 e. The Balaban J connectivity index is 0.000000206. The van der Waals surface area contributed by atoms with Crippen molar-refractivity contribution in [2.24, 2.45) is 5.92 Å². The first-order valence-corrected chi connectivity index (χ1v) is 13.9. The summed E-state index contributed by atoms with van der Waals surface area (Å²) in [6.07, 6.45) is 4.19. The van der Waals surface area contributed by atoms with Gasteiger partial charge < -0.3 is 19.3 Å². The van der Waals surface area contributed by atoms with Crippen molar-refractivity contribution in [2.45, 2.75) is 45.7 Å². The highest BCUT2D eigenvalue weighted by atomic mass is 32.1. The summed E-state index contributed by atoms with van der Waals surface area (Å²) in [6, 6.07) is 0. The predicted octanol–water partition coefficient (Wildman–Crippen LogP) is 5.27. The summed E-state index contributed by atoms with van der Waals surface area (Å²) in [5.41, 5.74) is 3.49. The summed E-state index contributed by atoms with van der Waals surface area (Å²) in [5, 5.41) is 0. The fraction of sp³-hybridized carbons (Fsp3) is 0.667. The Morgan fingerprint density at radius 2 is 1.41 bits per heavy atom. The van der Waals surface area contributed by atoms with Crippen molar-refractivity contribution in [3.63, 3.8) is 0 Å². The lowest BCUT2D eigenvalue weighted by atomic mass is 10.1. The number of ether oxygens (including phenoxy) is 2. The molecule has 0 aromatic carbocycles. The molecule has 1 atom stereocenters. The standard InChI is InChI=1S/C14H23N3OS.C10H12F3N3OS/c1-4-6-11(2)10-18-14-13(15-19-16-14)12-7-5-8-17(3)9-12;1-16-4-2-3-7(5-16)8-9(15-18-14-8)17-6-10(11,12)13/h7,11H,4-6,8-10H2,1-3H3;3H,2,4-6H2,1H3. The van der Waals surface area contributed by atoms with Crippen molar-refractivity contribution >= 4 is 34.6 Å². The van der Waals surface area contributed by atoms with Gasteiger partial charge in [-0.25, -0.2) is 0 Å². The van der Waals surface area contributed by atoms with Crippen LogP contribution in [0.4, 0.5) is 13.2 Å². The topological polar surface area (TPSA) is 76.5 Å². The molecule has 13 heteroatoms. The van der Waals surface area contributed by atoms with E-state index in [0.717, 1.165) is 68.0 Å². The second kappa shape index (κ2) is 14.2. The first-order chi connectivity index (χ1) is 17.7. The van der Waals surface area contributed by atoms with Crippen molar-refractivity contribution in [3.05, 3.63) is 23.5 Å². The van der Waals surface area contributed by atoms with Crippen LogP contribution < -0.4 is 9.47 Å². The molecule has 0 amide bonds. The van der Waals surface area contributed by atoms with E-state index in [9.17, 15) is 13.2 Å². The van der Waals surface area contributed by atoms with E-state index in [4.69, 9.17) is 4.74 Å². The molecule has 0 aliphatic carbocycles. The molecule has 0 radical (unpaired) electrons. The minimum absolute atomic E-state index is 0.0288. The summed E-state index contributed by atoms with van der Waals surface area (Å²) < 4.78 is 63.3. The van der Waals surface area contributed by atoms with Gasteiger partial charge in [0.2, 0.25) is 0 Å². The van der Waals surface area contributed by atoms with Gasteiger partial charge in [0.15, 0.2) is 6.61 Å². The molecule has 8 nitrogen and oxygen atoms in total. The zero-order valence-electron chi connectivity index (χ0n) is 21.8. The summed E-state index contributed by atoms with van der Waals surface area (Å²) in [7, 11) is 4.08. The summed E-state index contributed by atoms with van der Waals surface area (Å²) in [5.74, 6) is 1.26. The minimum Gasteiger partial charge on any atom is -0.475 e. The third kappa shape index (κ3) is 9.62. The Kier molecular flexibility index (Phi) is 11.3. The molecule has 0 bridgehead atoms. The van der Waals surface area contributed by atoms with Crippen LogP contribution in [0.2, 0.25) is 0 Å². The summed E-state index contributed by atoms with van der Waals surface area (Å²) >= 11 is 2.10. The van der Waals surface area contributed by atoms with Gasteiger partial charge >= 0.3 is 6.18 Å². The van der Waals surface area contributed by atoms with Crippen LogP contribution in [0.5, 0.6) is 11.8 Å². The molecule has 0 fully saturated rings. The second-order valence-electron chi connectivity index (χ2n) is 9.46. The monoisotopic (exact) mass is 560 g/mol. The molecular weight excluding hydrogens is 525 g/mol. The highest BCUT2D eigenvalue weighted by molar-refractivity contribution is 6.99. The third-order valence-electron chi connectivity index (χ3n) is 5.87. The van der Waals surface area contributed by atoms with Crippen LogP contribution in [0.25, 0.3) is 11.1 Å². The molecule has 0 spiro atoms. The maximum atomic E-state index is 12.1. The SMILES string of the molecule is CCCC(C)COc1nsnc1C1=CCCN(C)C1.CN1CCC=C(c2nsnc2OCC(F)(F)F)C1. The maximum Gasteiger partial charge on any atom is 0.422 e. The number of rotatable bonds is 9.